The summed E-state index contributed by atoms with van der Waals surface area (Å²) in [6, 6.07) is 6.60. The largest absolute Gasteiger partial charge is 0.378 e. The first-order valence-electron chi connectivity index (χ1n) is 6.60. The van der Waals surface area contributed by atoms with Crippen molar-refractivity contribution in [3.8, 4) is 0 Å². The molecule has 0 fully saturated rings. The van der Waals surface area contributed by atoms with Crippen molar-refractivity contribution in [2.75, 3.05) is 32.0 Å². The third kappa shape index (κ3) is 5.13. The van der Waals surface area contributed by atoms with Gasteiger partial charge in [-0.3, -0.25) is 15.1 Å². The predicted octanol–water partition coefficient (Wildman–Crippen LogP) is 1.58. The number of hydrogen-bond donors (Lipinski definition) is 3. The molecule has 0 saturated heterocycles. The Morgan fingerprint density at radius 3 is 2.60 bits per heavy atom. The molecule has 0 aliphatic heterocycles. The number of hydrogen-bond acceptors (Lipinski definition) is 4. The number of guanidine groups is 1. The minimum absolute atomic E-state index is 0.0843. The van der Waals surface area contributed by atoms with Crippen molar-refractivity contribution in [1.82, 2.24) is 10.6 Å². The molecule has 0 spiro atoms. The summed E-state index contributed by atoms with van der Waals surface area (Å²) in [5.74, 6) is 0.733. The van der Waals surface area contributed by atoms with Crippen LogP contribution in [0, 0.1) is 10.1 Å². The van der Waals surface area contributed by atoms with E-state index >= 15 is 0 Å². The Hall–Kier alpha value is -2.31. The van der Waals surface area contributed by atoms with Crippen LogP contribution in [-0.2, 0) is 0 Å². The topological polar surface area (TPSA) is 91.6 Å². The highest BCUT2D eigenvalue weighted by Gasteiger charge is 2.11. The lowest BCUT2D eigenvalue weighted by Crippen LogP contribution is -2.39. The molecule has 7 heteroatoms. The van der Waals surface area contributed by atoms with Crippen molar-refractivity contribution in [3.63, 3.8) is 0 Å². The Labute approximate surface area is 118 Å². The van der Waals surface area contributed by atoms with Crippen LogP contribution in [0.1, 0.15) is 13.3 Å². The summed E-state index contributed by atoms with van der Waals surface area (Å²) >= 11 is 0. The molecular weight excluding hydrogens is 258 g/mol. The van der Waals surface area contributed by atoms with Crippen LogP contribution in [0.4, 0.5) is 11.4 Å². The van der Waals surface area contributed by atoms with Gasteiger partial charge in [0.1, 0.15) is 5.69 Å². The van der Waals surface area contributed by atoms with Crippen LogP contribution >= 0.6 is 0 Å². The third-order valence-electron chi connectivity index (χ3n) is 2.60. The monoisotopic (exact) mass is 279 g/mol. The number of rotatable bonds is 7. The Balaban J connectivity index is 2.39. The maximum Gasteiger partial charge on any atom is 0.292 e. The van der Waals surface area contributed by atoms with Gasteiger partial charge < -0.3 is 16.0 Å². The van der Waals surface area contributed by atoms with Gasteiger partial charge in [0.2, 0.25) is 0 Å². The number of para-hydroxylation sites is 2. The van der Waals surface area contributed by atoms with E-state index in [1.54, 1.807) is 25.2 Å². The summed E-state index contributed by atoms with van der Waals surface area (Å²) in [5.41, 5.74) is 0.608. The normalized spacial score (nSPS) is 11.0. The van der Waals surface area contributed by atoms with E-state index < -0.39 is 4.92 Å². The molecule has 110 valence electrons. The van der Waals surface area contributed by atoms with E-state index in [1.807, 2.05) is 0 Å². The number of nitro benzene ring substituents is 1. The number of aliphatic imine (C=N–C) groups is 1. The minimum Gasteiger partial charge on any atom is -0.378 e. The number of benzene rings is 1. The molecule has 20 heavy (non-hydrogen) atoms. The van der Waals surface area contributed by atoms with Gasteiger partial charge in [0.15, 0.2) is 5.96 Å². The van der Waals surface area contributed by atoms with Crippen molar-refractivity contribution < 1.29 is 4.92 Å². The highest BCUT2D eigenvalue weighted by atomic mass is 16.6. The molecule has 1 rings (SSSR count). The first kappa shape index (κ1) is 15.7. The number of nitrogens with one attached hydrogen (secondary N) is 3. The van der Waals surface area contributed by atoms with Gasteiger partial charge in [0.05, 0.1) is 4.92 Å². The van der Waals surface area contributed by atoms with Crippen LogP contribution < -0.4 is 16.0 Å². The zero-order valence-electron chi connectivity index (χ0n) is 11.8. The lowest BCUT2D eigenvalue weighted by molar-refractivity contribution is -0.384. The van der Waals surface area contributed by atoms with Gasteiger partial charge in [-0.25, -0.2) is 0 Å². The van der Waals surface area contributed by atoms with Crippen LogP contribution in [0.5, 0.6) is 0 Å². The lowest BCUT2D eigenvalue weighted by Gasteiger charge is -2.12. The van der Waals surface area contributed by atoms with Crippen LogP contribution in [0.2, 0.25) is 0 Å². The maximum atomic E-state index is 10.8. The molecule has 0 bridgehead atoms. The Morgan fingerprint density at radius 2 is 1.95 bits per heavy atom. The van der Waals surface area contributed by atoms with Crippen LogP contribution in [0.15, 0.2) is 29.3 Å². The zero-order chi connectivity index (χ0) is 14.8. The van der Waals surface area contributed by atoms with Crippen LogP contribution in [0.3, 0.4) is 0 Å². The summed E-state index contributed by atoms with van der Waals surface area (Å²) in [5, 5.41) is 20.2. The Bertz CT molecular complexity index is 462. The molecule has 7 nitrogen and oxygen atoms in total. The van der Waals surface area contributed by atoms with Crippen LogP contribution in [0.25, 0.3) is 0 Å². The SMILES string of the molecule is CCCNC(=NC)NCCNc1ccccc1[N+](=O)[O-]. The molecule has 0 unspecified atom stereocenters. The highest BCUT2D eigenvalue weighted by Crippen LogP contribution is 2.22. The summed E-state index contributed by atoms with van der Waals surface area (Å²) in [7, 11) is 1.71. The summed E-state index contributed by atoms with van der Waals surface area (Å²) in [6.45, 7) is 4.13. The van der Waals surface area contributed by atoms with Gasteiger partial charge >= 0.3 is 0 Å². The zero-order valence-corrected chi connectivity index (χ0v) is 11.8. The molecule has 1 aromatic carbocycles. The molecule has 3 N–H and O–H groups in total. The molecule has 0 saturated carbocycles. The molecular formula is C13H21N5O2. The standard InChI is InChI=1S/C13H21N5O2/c1-3-8-16-13(14-2)17-10-9-15-11-6-4-5-7-12(11)18(19)20/h4-7,15H,3,8-10H2,1-2H3,(H2,14,16,17). The average molecular weight is 279 g/mol. The highest BCUT2D eigenvalue weighted by molar-refractivity contribution is 5.79. The van der Waals surface area contributed by atoms with Crippen molar-refractivity contribution in [3.05, 3.63) is 34.4 Å². The summed E-state index contributed by atoms with van der Waals surface area (Å²) in [4.78, 5) is 14.5. The first-order valence-corrected chi connectivity index (χ1v) is 6.60. The molecule has 0 radical (unpaired) electrons. The van der Waals surface area contributed by atoms with E-state index in [-0.39, 0.29) is 5.69 Å². The van der Waals surface area contributed by atoms with E-state index in [4.69, 9.17) is 0 Å². The van der Waals surface area contributed by atoms with Gasteiger partial charge in [-0.15, -0.1) is 0 Å². The summed E-state index contributed by atoms with van der Waals surface area (Å²) in [6.07, 6.45) is 1.02. The predicted molar refractivity (Wildman–Crippen MR) is 81.2 cm³/mol. The molecule has 0 atom stereocenters. The molecule has 0 aliphatic carbocycles. The average Bonchev–Trinajstić information content (AvgIpc) is 2.46. The molecule has 0 aliphatic rings. The second-order valence-electron chi connectivity index (χ2n) is 4.13. The fourth-order valence-corrected chi connectivity index (χ4v) is 1.62. The fraction of sp³-hybridized carbons (Fsp3) is 0.462. The van der Waals surface area contributed by atoms with Crippen LogP contribution in [-0.4, -0.2) is 37.6 Å². The van der Waals surface area contributed by atoms with E-state index in [9.17, 15) is 10.1 Å². The second-order valence-corrected chi connectivity index (χ2v) is 4.13. The quantitative estimate of drug-likeness (QED) is 0.232. The van der Waals surface area contributed by atoms with E-state index in [0.29, 0.717) is 18.8 Å². The van der Waals surface area contributed by atoms with E-state index in [0.717, 1.165) is 18.9 Å². The first-order chi connectivity index (χ1) is 9.69. The maximum absolute atomic E-state index is 10.8. The lowest BCUT2D eigenvalue weighted by atomic mass is 10.2. The van der Waals surface area contributed by atoms with Gasteiger partial charge in [-0.05, 0) is 12.5 Å². The van der Waals surface area contributed by atoms with Gasteiger partial charge in [-0.2, -0.15) is 0 Å². The molecule has 0 aromatic heterocycles. The van der Waals surface area contributed by atoms with Crippen molar-refractivity contribution in [2.24, 2.45) is 4.99 Å². The van der Waals surface area contributed by atoms with E-state index in [1.165, 1.54) is 6.07 Å². The second kappa shape index (κ2) is 8.73. The minimum atomic E-state index is -0.391. The van der Waals surface area contributed by atoms with Gasteiger partial charge in [-0.1, -0.05) is 19.1 Å². The van der Waals surface area contributed by atoms with E-state index in [2.05, 4.69) is 27.9 Å². The fourth-order valence-electron chi connectivity index (χ4n) is 1.62. The Kier molecular flexibility index (Phi) is 6.88. The van der Waals surface area contributed by atoms with Gasteiger partial charge in [0.25, 0.3) is 5.69 Å². The smallest absolute Gasteiger partial charge is 0.292 e. The Morgan fingerprint density at radius 1 is 1.25 bits per heavy atom. The number of anilines is 1. The molecule has 0 heterocycles. The molecule has 1 aromatic rings. The van der Waals surface area contributed by atoms with Gasteiger partial charge in [0, 0.05) is 32.7 Å². The molecule has 0 amide bonds. The number of nitro groups is 1. The van der Waals surface area contributed by atoms with Crippen molar-refractivity contribution >= 4 is 17.3 Å². The van der Waals surface area contributed by atoms with Crippen molar-refractivity contribution in [1.29, 1.82) is 0 Å². The summed E-state index contributed by atoms with van der Waals surface area (Å²) < 4.78 is 0. The number of nitrogens with zero attached hydrogens (tertiary/aromatic N) is 2. The van der Waals surface area contributed by atoms with Crippen molar-refractivity contribution in [2.45, 2.75) is 13.3 Å². The third-order valence-corrected chi connectivity index (χ3v) is 2.60.